The monoisotopic (exact) mass is 298 g/mol. The van der Waals surface area contributed by atoms with Gasteiger partial charge in [0.2, 0.25) is 5.75 Å². The number of hydrogen-bond donors (Lipinski definition) is 1. The van der Waals surface area contributed by atoms with Crippen molar-refractivity contribution in [1.82, 2.24) is 20.3 Å². The van der Waals surface area contributed by atoms with Crippen LogP contribution in [0.5, 0.6) is 11.6 Å². The first-order valence-electron chi connectivity index (χ1n) is 7.21. The van der Waals surface area contributed by atoms with Gasteiger partial charge < -0.3 is 14.8 Å². The van der Waals surface area contributed by atoms with E-state index in [-0.39, 0.29) is 17.6 Å². The van der Waals surface area contributed by atoms with Gasteiger partial charge in [-0.15, -0.1) is 0 Å². The Labute approximate surface area is 126 Å². The van der Waals surface area contributed by atoms with Crippen molar-refractivity contribution in [3.05, 3.63) is 30.1 Å². The highest BCUT2D eigenvalue weighted by Crippen LogP contribution is 2.33. The molecule has 1 fully saturated rings. The summed E-state index contributed by atoms with van der Waals surface area (Å²) in [5, 5.41) is 2.91. The first-order valence-corrected chi connectivity index (χ1v) is 7.21. The fraction of sp³-hybridized carbons (Fsp3) is 0.333. The van der Waals surface area contributed by atoms with E-state index in [0.29, 0.717) is 36.4 Å². The summed E-state index contributed by atoms with van der Waals surface area (Å²) in [5.41, 5.74) is 0.789. The Hall–Kier alpha value is -2.70. The molecule has 0 aromatic carbocycles. The molecule has 1 amide bonds. The number of nitrogens with zero attached hydrogens (tertiary/aromatic N) is 3. The Kier molecular flexibility index (Phi) is 3.10. The van der Waals surface area contributed by atoms with E-state index in [9.17, 15) is 4.79 Å². The molecule has 2 aliphatic rings. The van der Waals surface area contributed by atoms with Crippen LogP contribution in [0.4, 0.5) is 0 Å². The van der Waals surface area contributed by atoms with Gasteiger partial charge in [0.15, 0.2) is 11.5 Å². The molecule has 1 aliphatic carbocycles. The van der Waals surface area contributed by atoms with Gasteiger partial charge in [-0.25, -0.2) is 4.98 Å². The van der Waals surface area contributed by atoms with Crippen molar-refractivity contribution in [2.24, 2.45) is 0 Å². The van der Waals surface area contributed by atoms with Crippen LogP contribution in [-0.4, -0.2) is 40.1 Å². The first-order chi connectivity index (χ1) is 10.8. The highest BCUT2D eigenvalue weighted by Gasteiger charge is 2.30. The maximum Gasteiger partial charge on any atom is 0.274 e. The number of rotatable bonds is 3. The molecule has 0 bridgehead atoms. The van der Waals surface area contributed by atoms with Gasteiger partial charge in [0, 0.05) is 12.2 Å². The quantitative estimate of drug-likeness (QED) is 0.916. The highest BCUT2D eigenvalue weighted by atomic mass is 16.6. The molecule has 2 aromatic heterocycles. The fourth-order valence-electron chi connectivity index (χ4n) is 2.18. The summed E-state index contributed by atoms with van der Waals surface area (Å²) < 4.78 is 11.1. The molecule has 4 rings (SSSR count). The lowest BCUT2D eigenvalue weighted by Gasteiger charge is -2.19. The Morgan fingerprint density at radius 2 is 2.05 bits per heavy atom. The highest BCUT2D eigenvalue weighted by molar-refractivity contribution is 5.96. The average molecular weight is 298 g/mol. The van der Waals surface area contributed by atoms with Gasteiger partial charge in [-0.3, -0.25) is 9.78 Å². The molecule has 22 heavy (non-hydrogen) atoms. The second-order valence-electron chi connectivity index (χ2n) is 5.19. The molecular weight excluding hydrogens is 284 g/mol. The lowest BCUT2D eigenvalue weighted by molar-refractivity contribution is 0.0931. The third kappa shape index (κ3) is 2.45. The van der Waals surface area contributed by atoms with Crippen molar-refractivity contribution in [2.75, 3.05) is 13.2 Å². The standard InChI is InChI=1S/C15H14N4O3/c20-14(17-9-4-5-9)11-12-15(22-8-7-21-12)19-13(18-11)10-3-1-2-6-16-10/h1-3,6,9H,4-5,7-8H2,(H,17,20). The van der Waals surface area contributed by atoms with Crippen molar-refractivity contribution >= 4 is 5.91 Å². The van der Waals surface area contributed by atoms with E-state index in [2.05, 4.69) is 20.3 Å². The lowest BCUT2D eigenvalue weighted by Crippen LogP contribution is -2.29. The van der Waals surface area contributed by atoms with Crippen LogP contribution in [0.2, 0.25) is 0 Å². The van der Waals surface area contributed by atoms with E-state index in [4.69, 9.17) is 9.47 Å². The minimum absolute atomic E-state index is 0.206. The van der Waals surface area contributed by atoms with Gasteiger partial charge >= 0.3 is 0 Å². The van der Waals surface area contributed by atoms with Crippen LogP contribution in [0.1, 0.15) is 23.3 Å². The normalized spacial score (nSPS) is 16.2. The van der Waals surface area contributed by atoms with E-state index < -0.39 is 0 Å². The van der Waals surface area contributed by atoms with E-state index in [1.54, 1.807) is 12.3 Å². The molecule has 1 saturated carbocycles. The minimum atomic E-state index is -0.260. The summed E-state index contributed by atoms with van der Waals surface area (Å²) in [6.07, 6.45) is 3.66. The molecule has 7 heteroatoms. The predicted molar refractivity (Wildman–Crippen MR) is 76.7 cm³/mol. The summed E-state index contributed by atoms with van der Waals surface area (Å²) in [7, 11) is 0. The molecule has 3 heterocycles. The summed E-state index contributed by atoms with van der Waals surface area (Å²) in [5.74, 6) is 0.696. The fourth-order valence-corrected chi connectivity index (χ4v) is 2.18. The molecule has 0 atom stereocenters. The van der Waals surface area contributed by atoms with Crippen molar-refractivity contribution in [3.63, 3.8) is 0 Å². The summed E-state index contributed by atoms with van der Waals surface area (Å²) in [6.45, 7) is 0.776. The van der Waals surface area contributed by atoms with Crippen molar-refractivity contribution in [3.8, 4) is 23.1 Å². The SMILES string of the molecule is O=C(NC1CC1)c1nc(-c2ccccn2)nc2c1OCCO2. The predicted octanol–water partition coefficient (Wildman–Crippen LogP) is 1.20. The number of carbonyl (C=O) groups excluding carboxylic acids is 1. The van der Waals surface area contributed by atoms with Crippen LogP contribution in [-0.2, 0) is 0 Å². The number of pyridine rings is 1. The molecule has 0 unspecified atom stereocenters. The topological polar surface area (TPSA) is 86.2 Å². The van der Waals surface area contributed by atoms with Crippen LogP contribution in [0.25, 0.3) is 11.5 Å². The van der Waals surface area contributed by atoms with Crippen molar-refractivity contribution in [1.29, 1.82) is 0 Å². The maximum atomic E-state index is 12.4. The number of hydrogen-bond acceptors (Lipinski definition) is 6. The second kappa shape index (κ2) is 5.25. The Bertz CT molecular complexity index is 716. The Morgan fingerprint density at radius 1 is 1.18 bits per heavy atom. The van der Waals surface area contributed by atoms with Crippen molar-refractivity contribution in [2.45, 2.75) is 18.9 Å². The van der Waals surface area contributed by atoms with Crippen LogP contribution in [0, 0.1) is 0 Å². The summed E-state index contributed by atoms with van der Waals surface area (Å²) in [6, 6.07) is 5.67. The van der Waals surface area contributed by atoms with Gasteiger partial charge in [0.1, 0.15) is 18.9 Å². The molecule has 7 nitrogen and oxygen atoms in total. The van der Waals surface area contributed by atoms with Crippen LogP contribution >= 0.6 is 0 Å². The number of aromatic nitrogens is 3. The van der Waals surface area contributed by atoms with Gasteiger partial charge in [-0.05, 0) is 25.0 Å². The largest absolute Gasteiger partial charge is 0.483 e. The Balaban J connectivity index is 1.78. The van der Waals surface area contributed by atoms with E-state index in [0.717, 1.165) is 12.8 Å². The van der Waals surface area contributed by atoms with Crippen molar-refractivity contribution < 1.29 is 14.3 Å². The maximum absolute atomic E-state index is 12.4. The zero-order chi connectivity index (χ0) is 14.9. The summed E-state index contributed by atoms with van der Waals surface area (Å²) in [4.78, 5) is 25.3. The lowest BCUT2D eigenvalue weighted by atomic mass is 10.2. The molecule has 0 spiro atoms. The summed E-state index contributed by atoms with van der Waals surface area (Å²) >= 11 is 0. The van der Waals surface area contributed by atoms with Crippen LogP contribution < -0.4 is 14.8 Å². The molecule has 1 aliphatic heterocycles. The minimum Gasteiger partial charge on any atom is -0.483 e. The number of fused-ring (bicyclic) bond motifs is 1. The number of nitrogens with one attached hydrogen (secondary N) is 1. The molecular formula is C15H14N4O3. The molecule has 1 N–H and O–H groups in total. The molecule has 0 saturated heterocycles. The average Bonchev–Trinajstić information content (AvgIpc) is 3.38. The molecule has 2 aromatic rings. The van der Waals surface area contributed by atoms with E-state index in [1.165, 1.54) is 0 Å². The number of carbonyl (C=O) groups is 1. The van der Waals surface area contributed by atoms with Gasteiger partial charge in [-0.1, -0.05) is 6.07 Å². The number of amides is 1. The van der Waals surface area contributed by atoms with Gasteiger partial charge in [0.25, 0.3) is 11.8 Å². The molecule has 112 valence electrons. The smallest absolute Gasteiger partial charge is 0.274 e. The van der Waals surface area contributed by atoms with E-state index >= 15 is 0 Å². The van der Waals surface area contributed by atoms with Gasteiger partial charge in [0.05, 0.1) is 0 Å². The zero-order valence-corrected chi connectivity index (χ0v) is 11.8. The molecule has 0 radical (unpaired) electrons. The third-order valence-electron chi connectivity index (χ3n) is 3.42. The van der Waals surface area contributed by atoms with Crippen LogP contribution in [0.3, 0.4) is 0 Å². The first kappa shape index (κ1) is 13.0. The zero-order valence-electron chi connectivity index (χ0n) is 11.8. The van der Waals surface area contributed by atoms with E-state index in [1.807, 2.05) is 12.1 Å². The third-order valence-corrected chi connectivity index (χ3v) is 3.42. The second-order valence-corrected chi connectivity index (χ2v) is 5.19. The number of ether oxygens (including phenoxy) is 2. The van der Waals surface area contributed by atoms with Gasteiger partial charge in [-0.2, -0.15) is 4.98 Å². The van der Waals surface area contributed by atoms with Crippen LogP contribution in [0.15, 0.2) is 24.4 Å². The Morgan fingerprint density at radius 3 is 2.82 bits per heavy atom.